The third-order valence-electron chi connectivity index (χ3n) is 3.51. The number of likely N-dealkylation sites (tertiary alicyclic amines) is 1. The van der Waals surface area contributed by atoms with E-state index >= 15 is 0 Å². The summed E-state index contributed by atoms with van der Waals surface area (Å²) in [5.74, 6) is -0.592. The molecule has 0 aliphatic carbocycles. The van der Waals surface area contributed by atoms with E-state index in [2.05, 4.69) is 5.32 Å². The number of β-lactam (4-membered cyclic amide) rings is 1. The smallest absolute Gasteiger partial charge is 0.325 e. The highest BCUT2D eigenvalue weighted by atomic mass is 32.2. The van der Waals surface area contributed by atoms with Crippen molar-refractivity contribution >= 4 is 23.7 Å². The van der Waals surface area contributed by atoms with Crippen molar-refractivity contribution in [2.75, 3.05) is 0 Å². The molecule has 0 bridgehead atoms. The number of halogens is 1. The standard InChI is InChI=1S/C17H15FN2O2S/c18-13-8-4-5-9-14(13)23-16-10-15(21)20(16)17(22)19-11-12-6-2-1-3-7-12/h1-9,16H,10-11H2,(H,19,22). The predicted molar refractivity (Wildman–Crippen MR) is 86.2 cm³/mol. The predicted octanol–water partition coefficient (Wildman–Crippen LogP) is 3.39. The molecule has 3 amide bonds. The van der Waals surface area contributed by atoms with E-state index in [1.165, 1.54) is 17.8 Å². The van der Waals surface area contributed by atoms with E-state index in [1.807, 2.05) is 30.3 Å². The zero-order valence-corrected chi connectivity index (χ0v) is 13.1. The van der Waals surface area contributed by atoms with Crippen molar-refractivity contribution in [2.24, 2.45) is 0 Å². The summed E-state index contributed by atoms with van der Waals surface area (Å²) in [6, 6.07) is 15.3. The second-order valence-electron chi connectivity index (χ2n) is 5.12. The molecule has 1 saturated heterocycles. The first-order valence-corrected chi connectivity index (χ1v) is 8.08. The fourth-order valence-electron chi connectivity index (χ4n) is 2.27. The van der Waals surface area contributed by atoms with Gasteiger partial charge in [0.2, 0.25) is 5.91 Å². The first-order valence-electron chi connectivity index (χ1n) is 7.20. The van der Waals surface area contributed by atoms with Gasteiger partial charge in [-0.1, -0.05) is 54.2 Å². The SMILES string of the molecule is O=C1CC(Sc2ccccc2F)N1C(=O)NCc1ccccc1. The van der Waals surface area contributed by atoms with Crippen molar-refractivity contribution in [3.05, 3.63) is 66.0 Å². The Labute approximate surface area is 137 Å². The van der Waals surface area contributed by atoms with Gasteiger partial charge in [0.05, 0.1) is 6.42 Å². The van der Waals surface area contributed by atoms with E-state index in [-0.39, 0.29) is 23.5 Å². The molecule has 1 atom stereocenters. The molecule has 1 aliphatic rings. The molecular weight excluding hydrogens is 315 g/mol. The van der Waals surface area contributed by atoms with Gasteiger partial charge in [-0.2, -0.15) is 0 Å². The van der Waals surface area contributed by atoms with E-state index < -0.39 is 6.03 Å². The number of hydrogen-bond acceptors (Lipinski definition) is 3. The van der Waals surface area contributed by atoms with Crippen LogP contribution in [0.15, 0.2) is 59.5 Å². The zero-order chi connectivity index (χ0) is 16.2. The van der Waals surface area contributed by atoms with Crippen molar-refractivity contribution in [3.63, 3.8) is 0 Å². The zero-order valence-electron chi connectivity index (χ0n) is 12.2. The van der Waals surface area contributed by atoms with E-state index in [9.17, 15) is 14.0 Å². The molecule has 3 rings (SSSR count). The van der Waals surface area contributed by atoms with Gasteiger partial charge < -0.3 is 5.32 Å². The van der Waals surface area contributed by atoms with Crippen LogP contribution < -0.4 is 5.32 Å². The number of amides is 3. The van der Waals surface area contributed by atoms with Crippen LogP contribution in [-0.4, -0.2) is 22.2 Å². The summed E-state index contributed by atoms with van der Waals surface area (Å²) in [4.78, 5) is 25.5. The highest BCUT2D eigenvalue weighted by Crippen LogP contribution is 2.36. The molecule has 0 spiro atoms. The van der Waals surface area contributed by atoms with E-state index in [0.717, 1.165) is 10.5 Å². The normalized spacial score (nSPS) is 16.8. The lowest BCUT2D eigenvalue weighted by Gasteiger charge is -2.37. The summed E-state index contributed by atoms with van der Waals surface area (Å²) in [7, 11) is 0. The Balaban J connectivity index is 1.60. The molecule has 0 radical (unpaired) electrons. The van der Waals surface area contributed by atoms with Gasteiger partial charge in [-0.05, 0) is 17.7 Å². The van der Waals surface area contributed by atoms with Crippen LogP contribution >= 0.6 is 11.8 Å². The topological polar surface area (TPSA) is 49.4 Å². The molecule has 23 heavy (non-hydrogen) atoms. The molecule has 1 aliphatic heterocycles. The quantitative estimate of drug-likeness (QED) is 0.874. The number of urea groups is 1. The molecule has 2 aromatic rings. The number of nitrogens with one attached hydrogen (secondary N) is 1. The van der Waals surface area contributed by atoms with E-state index in [4.69, 9.17) is 0 Å². The molecule has 6 heteroatoms. The van der Waals surface area contributed by atoms with Gasteiger partial charge in [-0.15, -0.1) is 0 Å². The molecule has 1 fully saturated rings. The number of nitrogens with zero attached hydrogens (tertiary/aromatic N) is 1. The van der Waals surface area contributed by atoms with Gasteiger partial charge >= 0.3 is 6.03 Å². The highest BCUT2D eigenvalue weighted by Gasteiger charge is 2.41. The molecule has 1 N–H and O–H groups in total. The molecular formula is C17H15FN2O2S. The molecule has 1 heterocycles. The summed E-state index contributed by atoms with van der Waals surface area (Å²) >= 11 is 1.19. The van der Waals surface area contributed by atoms with Crippen LogP contribution in [0.3, 0.4) is 0 Å². The minimum Gasteiger partial charge on any atom is -0.334 e. The number of hydrogen-bond donors (Lipinski definition) is 1. The van der Waals surface area contributed by atoms with Crippen LogP contribution in [0.5, 0.6) is 0 Å². The maximum atomic E-state index is 13.7. The largest absolute Gasteiger partial charge is 0.334 e. The Morgan fingerprint density at radius 3 is 2.57 bits per heavy atom. The lowest BCUT2D eigenvalue weighted by Crippen LogP contribution is -2.57. The number of benzene rings is 2. The number of carbonyl (C=O) groups is 2. The number of thioether (sulfide) groups is 1. The van der Waals surface area contributed by atoms with Crippen molar-refractivity contribution in [3.8, 4) is 0 Å². The van der Waals surface area contributed by atoms with Crippen molar-refractivity contribution in [1.29, 1.82) is 0 Å². The minimum atomic E-state index is -0.445. The summed E-state index contributed by atoms with van der Waals surface area (Å²) < 4.78 is 13.7. The van der Waals surface area contributed by atoms with Crippen LogP contribution in [0.2, 0.25) is 0 Å². The number of imide groups is 1. The molecule has 0 aromatic heterocycles. The average molecular weight is 330 g/mol. The molecule has 118 valence electrons. The monoisotopic (exact) mass is 330 g/mol. The second-order valence-corrected chi connectivity index (χ2v) is 6.33. The summed E-state index contributed by atoms with van der Waals surface area (Å²) in [6.07, 6.45) is 0.234. The van der Waals surface area contributed by atoms with Crippen molar-refractivity contribution in [1.82, 2.24) is 10.2 Å². The van der Waals surface area contributed by atoms with Gasteiger partial charge in [-0.3, -0.25) is 9.69 Å². The van der Waals surface area contributed by atoms with Gasteiger partial charge in [-0.25, -0.2) is 9.18 Å². The number of carbonyl (C=O) groups excluding carboxylic acids is 2. The summed E-state index contributed by atoms with van der Waals surface area (Å²) in [5.41, 5.74) is 0.951. The first kappa shape index (κ1) is 15.6. The van der Waals surface area contributed by atoms with Crippen LogP contribution in [-0.2, 0) is 11.3 Å². The van der Waals surface area contributed by atoms with Crippen LogP contribution in [0.25, 0.3) is 0 Å². The van der Waals surface area contributed by atoms with Crippen LogP contribution in [0.1, 0.15) is 12.0 Å². The lowest BCUT2D eigenvalue weighted by molar-refractivity contribution is -0.137. The van der Waals surface area contributed by atoms with Gasteiger partial charge in [0.15, 0.2) is 0 Å². The van der Waals surface area contributed by atoms with Crippen LogP contribution in [0.4, 0.5) is 9.18 Å². The minimum absolute atomic E-state index is 0.234. The Bertz CT molecular complexity index is 724. The number of rotatable bonds is 4. The first-order chi connectivity index (χ1) is 11.1. The third-order valence-corrected chi connectivity index (χ3v) is 4.75. The molecule has 0 saturated carbocycles. The fraction of sp³-hybridized carbons (Fsp3) is 0.176. The Morgan fingerprint density at radius 2 is 1.87 bits per heavy atom. The third kappa shape index (κ3) is 3.53. The second kappa shape index (κ2) is 6.83. The van der Waals surface area contributed by atoms with Crippen molar-refractivity contribution < 1.29 is 14.0 Å². The van der Waals surface area contributed by atoms with E-state index in [0.29, 0.717) is 11.4 Å². The van der Waals surface area contributed by atoms with Gasteiger partial charge in [0.1, 0.15) is 11.2 Å². The summed E-state index contributed by atoms with van der Waals surface area (Å²) in [6.45, 7) is 0.348. The summed E-state index contributed by atoms with van der Waals surface area (Å²) in [5, 5.41) is 2.36. The molecule has 1 unspecified atom stereocenters. The average Bonchev–Trinajstić information content (AvgIpc) is 2.55. The Morgan fingerprint density at radius 1 is 1.17 bits per heavy atom. The maximum absolute atomic E-state index is 13.7. The highest BCUT2D eigenvalue weighted by molar-refractivity contribution is 8.00. The Hall–Kier alpha value is -2.34. The van der Waals surface area contributed by atoms with Gasteiger partial charge in [0.25, 0.3) is 0 Å². The van der Waals surface area contributed by atoms with Crippen molar-refractivity contribution in [2.45, 2.75) is 23.2 Å². The molecule has 4 nitrogen and oxygen atoms in total. The lowest BCUT2D eigenvalue weighted by atomic mass is 10.2. The molecule has 2 aromatic carbocycles. The van der Waals surface area contributed by atoms with Gasteiger partial charge in [0, 0.05) is 11.4 Å². The maximum Gasteiger partial charge on any atom is 0.325 e. The fourth-order valence-corrected chi connectivity index (χ4v) is 3.45. The Kier molecular flexibility index (Phi) is 4.62. The van der Waals surface area contributed by atoms with E-state index in [1.54, 1.807) is 18.2 Å². The van der Waals surface area contributed by atoms with Crippen LogP contribution in [0, 0.1) is 5.82 Å².